The van der Waals surface area contributed by atoms with Gasteiger partial charge < -0.3 is 9.94 Å². The SMILES string of the molecule is COC(=O)[C@H](CC(C)C)N=c1cc([N+](=O)[O-])cc(Br)n1O. The van der Waals surface area contributed by atoms with Gasteiger partial charge in [0.2, 0.25) is 0 Å². The minimum absolute atomic E-state index is 0.0589. The van der Waals surface area contributed by atoms with E-state index in [2.05, 4.69) is 25.7 Å². The molecule has 0 aliphatic carbocycles. The van der Waals surface area contributed by atoms with Crippen LogP contribution in [0.15, 0.2) is 21.7 Å². The predicted molar refractivity (Wildman–Crippen MR) is 76.8 cm³/mol. The number of ether oxygens (including phenoxy) is 1. The van der Waals surface area contributed by atoms with Crippen LogP contribution in [0.3, 0.4) is 0 Å². The Bertz CT molecular complexity index is 611. The molecule has 0 fully saturated rings. The van der Waals surface area contributed by atoms with Gasteiger partial charge >= 0.3 is 5.97 Å². The summed E-state index contributed by atoms with van der Waals surface area (Å²) in [4.78, 5) is 26.0. The molecule has 116 valence electrons. The number of methoxy groups -OCH3 is 1. The second-order valence-corrected chi connectivity index (χ2v) is 5.57. The van der Waals surface area contributed by atoms with E-state index in [1.165, 1.54) is 7.11 Å². The van der Waals surface area contributed by atoms with Crippen LogP contribution in [-0.4, -0.2) is 34.0 Å². The molecule has 0 saturated heterocycles. The fraction of sp³-hybridized carbons (Fsp3) is 0.500. The summed E-state index contributed by atoms with van der Waals surface area (Å²) in [5.74, 6) is -0.404. The van der Waals surface area contributed by atoms with Gasteiger partial charge in [0.15, 0.2) is 5.49 Å². The number of halogens is 1. The highest BCUT2D eigenvalue weighted by atomic mass is 79.9. The fourth-order valence-electron chi connectivity index (χ4n) is 1.67. The van der Waals surface area contributed by atoms with Gasteiger partial charge in [-0.25, -0.2) is 9.79 Å². The summed E-state index contributed by atoms with van der Waals surface area (Å²) in [6, 6.07) is 1.37. The van der Waals surface area contributed by atoms with Gasteiger partial charge in [-0.1, -0.05) is 13.8 Å². The lowest BCUT2D eigenvalue weighted by atomic mass is 10.0. The summed E-state index contributed by atoms with van der Waals surface area (Å²) in [7, 11) is 1.24. The molecule has 1 atom stereocenters. The van der Waals surface area contributed by atoms with Gasteiger partial charge in [0.05, 0.1) is 24.2 Å². The van der Waals surface area contributed by atoms with Crippen molar-refractivity contribution in [2.75, 3.05) is 7.11 Å². The molecule has 0 aliphatic heterocycles. The van der Waals surface area contributed by atoms with Crippen molar-refractivity contribution in [3.8, 4) is 0 Å². The predicted octanol–water partition coefficient (Wildman–Crippen LogP) is 1.88. The maximum absolute atomic E-state index is 11.7. The van der Waals surface area contributed by atoms with Gasteiger partial charge in [-0.15, -0.1) is 0 Å². The van der Waals surface area contributed by atoms with E-state index in [-0.39, 0.29) is 21.7 Å². The first kappa shape index (κ1) is 17.2. The molecular formula is C12H16BrN3O5. The van der Waals surface area contributed by atoms with Crippen LogP contribution >= 0.6 is 15.9 Å². The lowest BCUT2D eigenvalue weighted by Gasteiger charge is -2.12. The molecule has 0 spiro atoms. The number of hydrogen-bond donors (Lipinski definition) is 1. The maximum atomic E-state index is 11.7. The molecule has 8 nitrogen and oxygen atoms in total. The molecule has 9 heteroatoms. The maximum Gasteiger partial charge on any atom is 0.330 e. The molecule has 1 rings (SSSR count). The lowest BCUT2D eigenvalue weighted by molar-refractivity contribution is -0.385. The van der Waals surface area contributed by atoms with Crippen LogP contribution in [0.4, 0.5) is 5.69 Å². The van der Waals surface area contributed by atoms with Crippen molar-refractivity contribution in [1.82, 2.24) is 4.73 Å². The molecule has 1 heterocycles. The Morgan fingerprint density at radius 2 is 2.19 bits per heavy atom. The molecule has 0 aliphatic rings. The second kappa shape index (κ2) is 7.21. The number of pyridine rings is 1. The second-order valence-electron chi connectivity index (χ2n) is 4.76. The molecule has 0 aromatic carbocycles. The van der Waals surface area contributed by atoms with Crippen LogP contribution in [0.5, 0.6) is 0 Å². The highest BCUT2D eigenvalue weighted by molar-refractivity contribution is 9.10. The van der Waals surface area contributed by atoms with Crippen molar-refractivity contribution in [3.63, 3.8) is 0 Å². The van der Waals surface area contributed by atoms with E-state index in [1.54, 1.807) is 0 Å². The Hall–Kier alpha value is -1.90. The molecule has 21 heavy (non-hydrogen) atoms. The molecule has 1 aromatic rings. The smallest absolute Gasteiger partial charge is 0.330 e. The topological polar surface area (TPSA) is 107 Å². The minimum atomic E-state index is -0.845. The van der Waals surface area contributed by atoms with Crippen molar-refractivity contribution in [1.29, 1.82) is 0 Å². The van der Waals surface area contributed by atoms with Gasteiger partial charge in [0.25, 0.3) is 5.69 Å². The number of carbonyl (C=O) groups is 1. The van der Waals surface area contributed by atoms with Crippen LogP contribution in [0.1, 0.15) is 20.3 Å². The monoisotopic (exact) mass is 361 g/mol. The molecule has 1 aromatic heterocycles. The average Bonchev–Trinajstić information content (AvgIpc) is 2.41. The Morgan fingerprint density at radius 1 is 1.57 bits per heavy atom. The van der Waals surface area contributed by atoms with Gasteiger partial charge in [-0.2, -0.15) is 4.73 Å². The van der Waals surface area contributed by atoms with Crippen molar-refractivity contribution in [2.24, 2.45) is 10.9 Å². The third kappa shape index (κ3) is 4.55. The van der Waals surface area contributed by atoms with Crippen LogP contribution in [0.25, 0.3) is 0 Å². The molecule has 1 N–H and O–H groups in total. The van der Waals surface area contributed by atoms with Crippen LogP contribution in [0, 0.1) is 16.0 Å². The summed E-state index contributed by atoms with van der Waals surface area (Å²) >= 11 is 2.99. The zero-order valence-corrected chi connectivity index (χ0v) is 13.4. The fourth-order valence-corrected chi connectivity index (χ4v) is 2.09. The number of nitrogens with zero attached hydrogens (tertiary/aromatic N) is 3. The zero-order chi connectivity index (χ0) is 16.2. The van der Waals surface area contributed by atoms with Gasteiger partial charge in [-0.05, 0) is 28.3 Å². The summed E-state index contributed by atoms with van der Waals surface area (Å²) < 4.78 is 5.35. The van der Waals surface area contributed by atoms with E-state index in [4.69, 9.17) is 0 Å². The Balaban J connectivity index is 3.39. The molecule has 0 saturated carbocycles. The third-order valence-electron chi connectivity index (χ3n) is 2.63. The average molecular weight is 362 g/mol. The van der Waals surface area contributed by atoms with E-state index >= 15 is 0 Å². The zero-order valence-electron chi connectivity index (χ0n) is 11.8. The normalized spacial score (nSPS) is 13.3. The molecule has 0 unspecified atom stereocenters. The highest BCUT2D eigenvalue weighted by Crippen LogP contribution is 2.15. The van der Waals surface area contributed by atoms with Crippen molar-refractivity contribution in [2.45, 2.75) is 26.3 Å². The standard InChI is InChI=1S/C12H16BrN3O5/c1-7(2)4-9(12(17)21-3)14-11-6-8(16(19)20)5-10(13)15(11)18/h5-7,9,18H,4H2,1-3H3/t9-/m0/s1. The number of carbonyl (C=O) groups excluding carboxylic acids is 1. The van der Waals surface area contributed by atoms with E-state index < -0.39 is 16.9 Å². The highest BCUT2D eigenvalue weighted by Gasteiger charge is 2.20. The van der Waals surface area contributed by atoms with E-state index in [0.29, 0.717) is 11.2 Å². The molecule has 0 bridgehead atoms. The number of esters is 1. The first-order valence-corrected chi connectivity index (χ1v) is 6.93. The number of aromatic nitrogens is 1. The number of nitro groups is 1. The van der Waals surface area contributed by atoms with Crippen LogP contribution in [0.2, 0.25) is 0 Å². The van der Waals surface area contributed by atoms with Crippen molar-refractivity contribution < 1.29 is 19.7 Å². The summed E-state index contributed by atoms with van der Waals surface area (Å²) in [5.41, 5.74) is -0.355. The van der Waals surface area contributed by atoms with Crippen molar-refractivity contribution >= 4 is 27.6 Å². The molecule has 0 radical (unpaired) electrons. The van der Waals surface area contributed by atoms with E-state index in [9.17, 15) is 20.1 Å². The summed E-state index contributed by atoms with van der Waals surface area (Å²) in [6.45, 7) is 3.81. The van der Waals surface area contributed by atoms with Gasteiger partial charge in [0.1, 0.15) is 10.6 Å². The number of rotatable bonds is 5. The Kier molecular flexibility index (Phi) is 5.89. The Morgan fingerprint density at radius 3 is 2.67 bits per heavy atom. The number of hydrogen-bond acceptors (Lipinski definition) is 6. The van der Waals surface area contributed by atoms with Crippen LogP contribution < -0.4 is 5.49 Å². The van der Waals surface area contributed by atoms with E-state index in [0.717, 1.165) is 12.1 Å². The third-order valence-corrected chi connectivity index (χ3v) is 3.20. The quantitative estimate of drug-likeness (QED) is 0.283. The lowest BCUT2D eigenvalue weighted by Crippen LogP contribution is -2.29. The summed E-state index contributed by atoms with van der Waals surface area (Å²) in [6.07, 6.45) is 0.396. The molecular weight excluding hydrogens is 346 g/mol. The van der Waals surface area contributed by atoms with Gasteiger partial charge in [0, 0.05) is 0 Å². The summed E-state index contributed by atoms with van der Waals surface area (Å²) in [5, 5.41) is 20.7. The van der Waals surface area contributed by atoms with Gasteiger partial charge in [-0.3, -0.25) is 10.1 Å². The minimum Gasteiger partial charge on any atom is -0.467 e. The molecule has 0 amide bonds. The Labute approximate surface area is 129 Å². The van der Waals surface area contributed by atoms with Crippen molar-refractivity contribution in [3.05, 3.63) is 32.3 Å². The van der Waals surface area contributed by atoms with E-state index in [1.807, 2.05) is 13.8 Å². The first-order valence-electron chi connectivity index (χ1n) is 6.14. The van der Waals surface area contributed by atoms with Crippen LogP contribution in [-0.2, 0) is 9.53 Å². The first-order chi connectivity index (χ1) is 9.76. The largest absolute Gasteiger partial charge is 0.467 e.